The van der Waals surface area contributed by atoms with Crippen LogP contribution in [-0.4, -0.2) is 30.4 Å². The molecular formula is C16H25N3O. The number of nitrogen functional groups attached to an aromatic ring is 1. The van der Waals surface area contributed by atoms with Gasteiger partial charge in [0.05, 0.1) is 12.6 Å². The Balaban J connectivity index is 2.03. The van der Waals surface area contributed by atoms with E-state index in [1.807, 2.05) is 12.1 Å². The zero-order valence-corrected chi connectivity index (χ0v) is 12.5. The number of nitrogens with two attached hydrogens (primary N) is 1. The Kier molecular flexibility index (Phi) is 5.01. The van der Waals surface area contributed by atoms with E-state index in [1.54, 1.807) is 0 Å². The van der Waals surface area contributed by atoms with Gasteiger partial charge in [-0.1, -0.05) is 19.9 Å². The van der Waals surface area contributed by atoms with Gasteiger partial charge in [-0.15, -0.1) is 0 Å². The van der Waals surface area contributed by atoms with E-state index in [9.17, 15) is 4.79 Å². The molecule has 20 heavy (non-hydrogen) atoms. The van der Waals surface area contributed by atoms with Crippen LogP contribution in [0.3, 0.4) is 0 Å². The van der Waals surface area contributed by atoms with Crippen LogP contribution in [0.4, 0.5) is 5.69 Å². The van der Waals surface area contributed by atoms with E-state index in [-0.39, 0.29) is 11.9 Å². The van der Waals surface area contributed by atoms with Crippen molar-refractivity contribution < 1.29 is 4.79 Å². The van der Waals surface area contributed by atoms with Crippen molar-refractivity contribution >= 4 is 11.6 Å². The molecule has 1 aromatic rings. The monoisotopic (exact) mass is 275 g/mol. The predicted molar refractivity (Wildman–Crippen MR) is 82.5 cm³/mol. The van der Waals surface area contributed by atoms with Gasteiger partial charge >= 0.3 is 0 Å². The summed E-state index contributed by atoms with van der Waals surface area (Å²) in [6.45, 7) is 6.45. The van der Waals surface area contributed by atoms with Crippen LogP contribution in [-0.2, 0) is 11.2 Å². The summed E-state index contributed by atoms with van der Waals surface area (Å²) in [4.78, 5) is 14.3. The zero-order valence-electron chi connectivity index (χ0n) is 12.5. The minimum Gasteiger partial charge on any atom is -0.399 e. The fourth-order valence-electron chi connectivity index (χ4n) is 2.87. The second-order valence-electron chi connectivity index (χ2n) is 5.43. The lowest BCUT2D eigenvalue weighted by atomic mass is 9.87. The van der Waals surface area contributed by atoms with Crippen molar-refractivity contribution in [3.63, 3.8) is 0 Å². The minimum atomic E-state index is 0.114. The van der Waals surface area contributed by atoms with E-state index in [4.69, 9.17) is 5.73 Å². The SMILES string of the molecule is CCN(CC)CC(=O)NC1CCCc2cc(N)ccc21. The molecule has 1 atom stereocenters. The molecule has 0 bridgehead atoms. The third-order valence-corrected chi connectivity index (χ3v) is 4.08. The van der Waals surface area contributed by atoms with Crippen LogP contribution in [0.1, 0.15) is 43.9 Å². The van der Waals surface area contributed by atoms with Crippen LogP contribution in [0.15, 0.2) is 18.2 Å². The van der Waals surface area contributed by atoms with Gasteiger partial charge < -0.3 is 11.1 Å². The molecular weight excluding hydrogens is 250 g/mol. The average Bonchev–Trinajstić information content (AvgIpc) is 2.44. The first-order valence-electron chi connectivity index (χ1n) is 7.54. The van der Waals surface area contributed by atoms with Crippen molar-refractivity contribution in [2.75, 3.05) is 25.4 Å². The summed E-state index contributed by atoms with van der Waals surface area (Å²) in [6.07, 6.45) is 3.18. The van der Waals surface area contributed by atoms with Gasteiger partial charge in [0.2, 0.25) is 5.91 Å². The number of hydrogen-bond acceptors (Lipinski definition) is 3. The number of anilines is 1. The molecule has 0 saturated carbocycles. The molecule has 0 fully saturated rings. The van der Waals surface area contributed by atoms with Crippen LogP contribution < -0.4 is 11.1 Å². The molecule has 2 rings (SSSR count). The van der Waals surface area contributed by atoms with Crippen LogP contribution in [0.25, 0.3) is 0 Å². The Labute approximate surface area is 121 Å². The smallest absolute Gasteiger partial charge is 0.234 e. The highest BCUT2D eigenvalue weighted by molar-refractivity contribution is 5.78. The van der Waals surface area contributed by atoms with E-state index >= 15 is 0 Å². The van der Waals surface area contributed by atoms with Gasteiger partial charge in [-0.3, -0.25) is 9.69 Å². The van der Waals surface area contributed by atoms with E-state index in [1.165, 1.54) is 11.1 Å². The number of nitrogens with zero attached hydrogens (tertiary/aromatic N) is 1. The molecule has 0 heterocycles. The van der Waals surface area contributed by atoms with Gasteiger partial charge in [0.15, 0.2) is 0 Å². The highest BCUT2D eigenvalue weighted by Crippen LogP contribution is 2.30. The maximum absolute atomic E-state index is 12.1. The Morgan fingerprint density at radius 1 is 1.40 bits per heavy atom. The second kappa shape index (κ2) is 6.75. The highest BCUT2D eigenvalue weighted by atomic mass is 16.2. The summed E-state index contributed by atoms with van der Waals surface area (Å²) in [6, 6.07) is 6.17. The molecule has 1 aliphatic rings. The van der Waals surface area contributed by atoms with Crippen LogP contribution in [0, 0.1) is 0 Å². The molecule has 0 radical (unpaired) electrons. The molecule has 0 aromatic heterocycles. The number of likely N-dealkylation sites (N-methyl/N-ethyl adjacent to an activating group) is 1. The summed E-state index contributed by atoms with van der Waals surface area (Å²) in [5, 5.41) is 3.17. The fourth-order valence-corrected chi connectivity index (χ4v) is 2.87. The van der Waals surface area contributed by atoms with E-state index in [0.717, 1.165) is 38.0 Å². The van der Waals surface area contributed by atoms with Gasteiger partial charge in [-0.2, -0.15) is 0 Å². The molecule has 0 spiro atoms. The minimum absolute atomic E-state index is 0.114. The molecule has 3 N–H and O–H groups in total. The van der Waals surface area contributed by atoms with Crippen molar-refractivity contribution in [2.24, 2.45) is 0 Å². The molecule has 1 aliphatic carbocycles. The number of fused-ring (bicyclic) bond motifs is 1. The number of carbonyl (C=O) groups excluding carboxylic acids is 1. The van der Waals surface area contributed by atoms with Crippen LogP contribution in [0.5, 0.6) is 0 Å². The zero-order chi connectivity index (χ0) is 14.5. The Morgan fingerprint density at radius 2 is 2.15 bits per heavy atom. The number of rotatable bonds is 5. The molecule has 1 amide bonds. The summed E-state index contributed by atoms with van der Waals surface area (Å²) >= 11 is 0. The summed E-state index contributed by atoms with van der Waals surface area (Å²) in [5.74, 6) is 0.114. The average molecular weight is 275 g/mol. The summed E-state index contributed by atoms with van der Waals surface area (Å²) in [5.41, 5.74) is 9.16. The molecule has 1 aromatic carbocycles. The topological polar surface area (TPSA) is 58.4 Å². The van der Waals surface area contributed by atoms with Crippen molar-refractivity contribution in [1.29, 1.82) is 0 Å². The lowest BCUT2D eigenvalue weighted by Gasteiger charge is -2.28. The molecule has 1 unspecified atom stereocenters. The van der Waals surface area contributed by atoms with Crippen LogP contribution >= 0.6 is 0 Å². The highest BCUT2D eigenvalue weighted by Gasteiger charge is 2.22. The van der Waals surface area contributed by atoms with Gasteiger partial charge in [-0.25, -0.2) is 0 Å². The number of nitrogens with one attached hydrogen (secondary N) is 1. The van der Waals surface area contributed by atoms with Crippen molar-refractivity contribution in [3.05, 3.63) is 29.3 Å². The molecule has 4 heteroatoms. The summed E-state index contributed by atoms with van der Waals surface area (Å²) in [7, 11) is 0. The Hall–Kier alpha value is -1.55. The quantitative estimate of drug-likeness (QED) is 0.809. The van der Waals surface area contributed by atoms with E-state index < -0.39 is 0 Å². The summed E-state index contributed by atoms with van der Waals surface area (Å²) < 4.78 is 0. The first-order chi connectivity index (χ1) is 9.63. The lowest BCUT2D eigenvalue weighted by molar-refractivity contribution is -0.123. The number of benzene rings is 1. The maximum atomic E-state index is 12.1. The standard InChI is InChI=1S/C16H25N3O/c1-3-19(4-2)11-16(20)18-15-7-5-6-12-10-13(17)8-9-14(12)15/h8-10,15H,3-7,11,17H2,1-2H3,(H,18,20). The third-order valence-electron chi connectivity index (χ3n) is 4.08. The first-order valence-corrected chi connectivity index (χ1v) is 7.54. The Morgan fingerprint density at radius 3 is 2.85 bits per heavy atom. The third kappa shape index (κ3) is 3.51. The van der Waals surface area contributed by atoms with Gasteiger partial charge in [0.1, 0.15) is 0 Å². The van der Waals surface area contributed by atoms with Gasteiger partial charge in [-0.05, 0) is 55.6 Å². The number of amides is 1. The van der Waals surface area contributed by atoms with E-state index in [0.29, 0.717) is 6.54 Å². The number of hydrogen-bond donors (Lipinski definition) is 2. The molecule has 110 valence electrons. The molecule has 0 saturated heterocycles. The normalized spacial score (nSPS) is 17.9. The first kappa shape index (κ1) is 14.9. The number of aryl methyl sites for hydroxylation is 1. The van der Waals surface area contributed by atoms with Crippen molar-refractivity contribution in [2.45, 2.75) is 39.2 Å². The molecule has 0 aliphatic heterocycles. The lowest BCUT2D eigenvalue weighted by Crippen LogP contribution is -2.39. The van der Waals surface area contributed by atoms with Crippen LogP contribution in [0.2, 0.25) is 0 Å². The van der Waals surface area contributed by atoms with Gasteiger partial charge in [0, 0.05) is 5.69 Å². The molecule has 4 nitrogen and oxygen atoms in total. The van der Waals surface area contributed by atoms with E-state index in [2.05, 4.69) is 30.1 Å². The Bertz CT molecular complexity index is 469. The fraction of sp³-hybridized carbons (Fsp3) is 0.562. The number of carbonyl (C=O) groups is 1. The van der Waals surface area contributed by atoms with Gasteiger partial charge in [0.25, 0.3) is 0 Å². The predicted octanol–water partition coefficient (Wildman–Crippen LogP) is 2.10. The maximum Gasteiger partial charge on any atom is 0.234 e. The second-order valence-corrected chi connectivity index (χ2v) is 5.43. The van der Waals surface area contributed by atoms with Crippen molar-refractivity contribution in [3.8, 4) is 0 Å². The largest absolute Gasteiger partial charge is 0.399 e. The van der Waals surface area contributed by atoms with Crippen molar-refractivity contribution in [1.82, 2.24) is 10.2 Å².